The minimum absolute atomic E-state index is 0.254. The molecule has 4 nitrogen and oxygen atoms in total. The smallest absolute Gasteiger partial charge is 0.314 e. The predicted molar refractivity (Wildman–Crippen MR) is 123 cm³/mol. The van der Waals surface area contributed by atoms with Crippen LogP contribution in [-0.2, 0) is 9.53 Å². The van der Waals surface area contributed by atoms with Gasteiger partial charge in [0, 0.05) is 0 Å². The number of methoxy groups -OCH3 is 1. The Balaban J connectivity index is 2.14. The highest BCUT2D eigenvalue weighted by Gasteiger charge is 2.42. The Morgan fingerprint density at radius 1 is 0.867 bits per heavy atom. The van der Waals surface area contributed by atoms with E-state index in [4.69, 9.17) is 9.47 Å². The molecule has 0 radical (unpaired) electrons. The maximum atomic E-state index is 13.3. The second kappa shape index (κ2) is 8.39. The molecule has 3 aromatic rings. The molecule has 4 heteroatoms. The zero-order valence-electron chi connectivity index (χ0n) is 18.7. The second-order valence-electron chi connectivity index (χ2n) is 9.07. The van der Waals surface area contributed by atoms with Crippen molar-refractivity contribution in [2.75, 3.05) is 12.4 Å². The molecular formula is C26H31NO3. The quantitative estimate of drug-likeness (QED) is 0.484. The van der Waals surface area contributed by atoms with Crippen LogP contribution in [-0.4, -0.2) is 18.7 Å². The molecule has 30 heavy (non-hydrogen) atoms. The average Bonchev–Trinajstić information content (AvgIpc) is 2.70. The summed E-state index contributed by atoms with van der Waals surface area (Å²) in [5.41, 5.74) is 0.449. The van der Waals surface area contributed by atoms with E-state index in [0.717, 1.165) is 27.8 Å². The third kappa shape index (κ3) is 4.59. The molecule has 0 saturated heterocycles. The van der Waals surface area contributed by atoms with Crippen LogP contribution in [0, 0.1) is 5.41 Å². The number of hydrogen-bond donors (Lipinski definition) is 1. The molecule has 1 N–H and O–H groups in total. The number of esters is 1. The van der Waals surface area contributed by atoms with Crippen molar-refractivity contribution in [1.29, 1.82) is 0 Å². The normalized spacial score (nSPS) is 13.0. The third-order valence-electron chi connectivity index (χ3n) is 5.19. The van der Waals surface area contributed by atoms with E-state index in [1.54, 1.807) is 7.11 Å². The van der Waals surface area contributed by atoms with Crippen LogP contribution in [0.5, 0.6) is 5.75 Å². The lowest BCUT2D eigenvalue weighted by atomic mass is 9.78. The number of nitrogens with one attached hydrogen (secondary N) is 1. The van der Waals surface area contributed by atoms with E-state index >= 15 is 0 Å². The summed E-state index contributed by atoms with van der Waals surface area (Å²) in [6.07, 6.45) is 0. The Labute approximate surface area is 179 Å². The van der Waals surface area contributed by atoms with Crippen molar-refractivity contribution in [2.45, 2.75) is 46.3 Å². The van der Waals surface area contributed by atoms with Crippen molar-refractivity contribution in [1.82, 2.24) is 0 Å². The van der Waals surface area contributed by atoms with Gasteiger partial charge in [-0.05, 0) is 63.1 Å². The number of hydrogen-bond acceptors (Lipinski definition) is 4. The van der Waals surface area contributed by atoms with Crippen LogP contribution in [0.2, 0.25) is 0 Å². The van der Waals surface area contributed by atoms with E-state index < -0.39 is 11.0 Å². The highest BCUT2D eigenvalue weighted by molar-refractivity contribution is 5.88. The Kier molecular flexibility index (Phi) is 6.06. The molecule has 0 fully saturated rings. The van der Waals surface area contributed by atoms with E-state index in [0.29, 0.717) is 0 Å². The predicted octanol–water partition coefficient (Wildman–Crippen LogP) is 6.37. The van der Waals surface area contributed by atoms with Gasteiger partial charge in [-0.15, -0.1) is 0 Å². The Bertz CT molecular complexity index is 1030. The lowest BCUT2D eigenvalue weighted by Crippen LogP contribution is -2.40. The molecule has 3 rings (SSSR count). The van der Waals surface area contributed by atoms with Gasteiger partial charge in [0.05, 0.1) is 24.3 Å². The van der Waals surface area contributed by atoms with Crippen molar-refractivity contribution in [3.8, 4) is 5.75 Å². The van der Waals surface area contributed by atoms with Crippen molar-refractivity contribution >= 4 is 22.4 Å². The van der Waals surface area contributed by atoms with Crippen molar-refractivity contribution < 1.29 is 14.3 Å². The molecule has 0 saturated carbocycles. The second-order valence-corrected chi connectivity index (χ2v) is 9.07. The van der Waals surface area contributed by atoms with Gasteiger partial charge < -0.3 is 14.8 Å². The number of carbonyl (C=O) groups is 1. The van der Waals surface area contributed by atoms with Gasteiger partial charge in [0.2, 0.25) is 0 Å². The zero-order valence-corrected chi connectivity index (χ0v) is 18.7. The molecular weight excluding hydrogens is 374 g/mol. The number of anilines is 1. The fraction of sp³-hybridized carbons (Fsp3) is 0.346. The highest BCUT2D eigenvalue weighted by atomic mass is 16.6. The molecule has 0 aliphatic carbocycles. The topological polar surface area (TPSA) is 47.6 Å². The van der Waals surface area contributed by atoms with Gasteiger partial charge >= 0.3 is 5.97 Å². The minimum atomic E-state index is -0.849. The monoisotopic (exact) mass is 405 g/mol. The van der Waals surface area contributed by atoms with E-state index in [9.17, 15) is 4.79 Å². The summed E-state index contributed by atoms with van der Waals surface area (Å²) in [4.78, 5) is 13.3. The van der Waals surface area contributed by atoms with Gasteiger partial charge in [-0.2, -0.15) is 0 Å². The Morgan fingerprint density at radius 3 is 2.20 bits per heavy atom. The SMILES string of the molecule is COc1ccccc1NC(c1cccc2ccccc12)C(C)(C)C(=O)OC(C)(C)C. The molecule has 3 aromatic carbocycles. The number of benzene rings is 3. The number of carbonyl (C=O) groups excluding carboxylic acids is 1. The number of rotatable bonds is 6. The number of fused-ring (bicyclic) bond motifs is 1. The summed E-state index contributed by atoms with van der Waals surface area (Å²) < 4.78 is 11.3. The third-order valence-corrected chi connectivity index (χ3v) is 5.19. The fourth-order valence-electron chi connectivity index (χ4n) is 3.60. The number of ether oxygens (including phenoxy) is 2. The summed E-state index contributed by atoms with van der Waals surface area (Å²) >= 11 is 0. The van der Waals surface area contributed by atoms with Gasteiger partial charge in [-0.1, -0.05) is 54.6 Å². The van der Waals surface area contributed by atoms with Crippen LogP contribution in [0.4, 0.5) is 5.69 Å². The summed E-state index contributed by atoms with van der Waals surface area (Å²) in [5, 5.41) is 5.82. The maximum Gasteiger partial charge on any atom is 0.314 e. The summed E-state index contributed by atoms with van der Waals surface area (Å²) in [6.45, 7) is 9.52. The molecule has 0 aliphatic heterocycles. The van der Waals surface area contributed by atoms with Crippen LogP contribution in [0.1, 0.15) is 46.2 Å². The number of para-hydroxylation sites is 2. The molecule has 0 amide bonds. The van der Waals surface area contributed by atoms with Crippen molar-refractivity contribution in [3.63, 3.8) is 0 Å². The molecule has 1 atom stereocenters. The van der Waals surface area contributed by atoms with Crippen LogP contribution in [0.15, 0.2) is 66.7 Å². The standard InChI is InChI=1S/C26H31NO3/c1-25(2,3)30-24(28)26(4,5)23(27-21-16-9-10-17-22(21)29-6)20-15-11-13-18-12-7-8-14-19(18)20/h7-17,23,27H,1-6H3. The highest BCUT2D eigenvalue weighted by Crippen LogP contribution is 2.42. The first-order valence-electron chi connectivity index (χ1n) is 10.2. The molecule has 0 aromatic heterocycles. The molecule has 158 valence electrons. The zero-order chi connectivity index (χ0) is 21.9. The molecule has 0 aliphatic rings. The lowest BCUT2D eigenvalue weighted by molar-refractivity contribution is -0.166. The van der Waals surface area contributed by atoms with Crippen LogP contribution >= 0.6 is 0 Å². The fourth-order valence-corrected chi connectivity index (χ4v) is 3.60. The van der Waals surface area contributed by atoms with Crippen molar-refractivity contribution in [2.24, 2.45) is 5.41 Å². The van der Waals surface area contributed by atoms with Gasteiger partial charge in [0.25, 0.3) is 0 Å². The maximum absolute atomic E-state index is 13.3. The van der Waals surface area contributed by atoms with Gasteiger partial charge in [-0.3, -0.25) is 4.79 Å². The first-order chi connectivity index (χ1) is 14.1. The van der Waals surface area contributed by atoms with Crippen LogP contribution < -0.4 is 10.1 Å². The summed E-state index contributed by atoms with van der Waals surface area (Å²) in [7, 11) is 1.65. The van der Waals surface area contributed by atoms with Crippen molar-refractivity contribution in [3.05, 3.63) is 72.3 Å². The van der Waals surface area contributed by atoms with Gasteiger partial charge in [-0.25, -0.2) is 0 Å². The summed E-state index contributed by atoms with van der Waals surface area (Å²) in [6, 6.07) is 21.8. The molecule has 0 spiro atoms. The van der Waals surface area contributed by atoms with E-state index in [2.05, 4.69) is 29.6 Å². The first-order valence-corrected chi connectivity index (χ1v) is 10.2. The van der Waals surface area contributed by atoms with Gasteiger partial charge in [0.15, 0.2) is 0 Å². The molecule has 1 unspecified atom stereocenters. The summed E-state index contributed by atoms with van der Waals surface area (Å²) in [5.74, 6) is 0.470. The Hall–Kier alpha value is -3.01. The molecule has 0 heterocycles. The lowest BCUT2D eigenvalue weighted by Gasteiger charge is -2.37. The molecule has 0 bridgehead atoms. The van der Waals surface area contributed by atoms with E-state index in [1.165, 1.54) is 0 Å². The average molecular weight is 406 g/mol. The van der Waals surface area contributed by atoms with E-state index in [1.807, 2.05) is 77.1 Å². The largest absolute Gasteiger partial charge is 0.495 e. The van der Waals surface area contributed by atoms with Crippen LogP contribution in [0.3, 0.4) is 0 Å². The first kappa shape index (κ1) is 21.7. The van der Waals surface area contributed by atoms with E-state index in [-0.39, 0.29) is 12.0 Å². The van der Waals surface area contributed by atoms with Gasteiger partial charge in [0.1, 0.15) is 11.4 Å². The Morgan fingerprint density at radius 2 is 1.50 bits per heavy atom. The minimum Gasteiger partial charge on any atom is -0.495 e. The van der Waals surface area contributed by atoms with Crippen LogP contribution in [0.25, 0.3) is 10.8 Å².